The van der Waals surface area contributed by atoms with E-state index in [1.807, 2.05) is 6.26 Å². The first kappa shape index (κ1) is 17.9. The van der Waals surface area contributed by atoms with Crippen molar-refractivity contribution < 1.29 is 18.7 Å². The van der Waals surface area contributed by atoms with Gasteiger partial charge >= 0.3 is 5.97 Å². The molecule has 0 bridgehead atoms. The lowest BCUT2D eigenvalue weighted by molar-refractivity contribution is -0.137. The van der Waals surface area contributed by atoms with Gasteiger partial charge in [-0.25, -0.2) is 4.79 Å². The molecule has 0 atom stereocenters. The average Bonchev–Trinajstić information content (AvgIpc) is 3.04. The number of amides is 1. The summed E-state index contributed by atoms with van der Waals surface area (Å²) < 4.78 is 10.3. The van der Waals surface area contributed by atoms with Gasteiger partial charge in [0.25, 0.3) is 5.91 Å². The van der Waals surface area contributed by atoms with Crippen molar-refractivity contribution in [2.75, 3.05) is 18.2 Å². The number of carbonyl (C=O) groups excluding carboxylic acids is 2. The van der Waals surface area contributed by atoms with Crippen LogP contribution in [0.25, 0.3) is 6.08 Å². The van der Waals surface area contributed by atoms with Crippen molar-refractivity contribution in [1.82, 2.24) is 0 Å². The van der Waals surface area contributed by atoms with Gasteiger partial charge in [0.15, 0.2) is 5.76 Å². The number of nitrogens with one attached hydrogen (secondary N) is 1. The number of esters is 1. The fourth-order valence-electron chi connectivity index (χ4n) is 1.94. The molecule has 0 saturated carbocycles. The third-order valence-electron chi connectivity index (χ3n) is 3.04. The van der Waals surface area contributed by atoms with Crippen molar-refractivity contribution in [2.24, 2.45) is 0 Å². The van der Waals surface area contributed by atoms with E-state index >= 15 is 0 Å². The molecule has 1 N–H and O–H groups in total. The summed E-state index contributed by atoms with van der Waals surface area (Å²) in [6, 6.07) is 10.6. The Morgan fingerprint density at radius 2 is 1.96 bits per heavy atom. The molecule has 0 fully saturated rings. The monoisotopic (exact) mass is 345 g/mol. The minimum atomic E-state index is -0.381. The molecule has 0 aliphatic rings. The van der Waals surface area contributed by atoms with Crippen molar-refractivity contribution in [3.63, 3.8) is 0 Å². The van der Waals surface area contributed by atoms with Crippen LogP contribution in [0.3, 0.4) is 0 Å². The van der Waals surface area contributed by atoms with Crippen molar-refractivity contribution in [2.45, 2.75) is 12.7 Å². The number of hydrogen-bond donors (Lipinski definition) is 1. The number of thioether (sulfide) groups is 1. The van der Waals surface area contributed by atoms with E-state index in [1.54, 1.807) is 61.2 Å². The number of hydrogen-bond acceptors (Lipinski definition) is 5. The maximum Gasteiger partial charge on any atom is 0.330 e. The summed E-state index contributed by atoms with van der Waals surface area (Å²) in [6.45, 7) is 2.10. The van der Waals surface area contributed by atoms with E-state index in [0.29, 0.717) is 12.3 Å². The van der Waals surface area contributed by atoms with Gasteiger partial charge in [-0.1, -0.05) is 12.1 Å². The summed E-state index contributed by atoms with van der Waals surface area (Å²) in [7, 11) is 0. The van der Waals surface area contributed by atoms with Crippen LogP contribution in [0.4, 0.5) is 5.69 Å². The predicted octanol–water partition coefficient (Wildman–Crippen LogP) is 3.97. The SMILES string of the molecule is CCOC(=O)/C=C/c1ccc(NC(=O)c2ccc(CSC)o2)cc1. The number of furan rings is 1. The van der Waals surface area contributed by atoms with E-state index < -0.39 is 0 Å². The van der Waals surface area contributed by atoms with E-state index in [4.69, 9.17) is 9.15 Å². The molecule has 24 heavy (non-hydrogen) atoms. The molecule has 2 rings (SSSR count). The van der Waals surface area contributed by atoms with Crippen LogP contribution >= 0.6 is 11.8 Å². The van der Waals surface area contributed by atoms with Gasteiger partial charge in [0.05, 0.1) is 12.4 Å². The van der Waals surface area contributed by atoms with Gasteiger partial charge in [0.1, 0.15) is 5.76 Å². The van der Waals surface area contributed by atoms with Crippen LogP contribution in [0.2, 0.25) is 0 Å². The van der Waals surface area contributed by atoms with Gasteiger partial charge in [0, 0.05) is 11.8 Å². The zero-order valence-electron chi connectivity index (χ0n) is 13.6. The minimum absolute atomic E-state index is 0.283. The van der Waals surface area contributed by atoms with Crippen LogP contribution < -0.4 is 5.32 Å². The Bertz CT molecular complexity index is 719. The fraction of sp³-hybridized carbons (Fsp3) is 0.222. The highest BCUT2D eigenvalue weighted by atomic mass is 32.2. The van der Waals surface area contributed by atoms with Crippen molar-refractivity contribution in [1.29, 1.82) is 0 Å². The highest BCUT2D eigenvalue weighted by Gasteiger charge is 2.11. The van der Waals surface area contributed by atoms with Gasteiger partial charge < -0.3 is 14.5 Å². The zero-order valence-corrected chi connectivity index (χ0v) is 14.4. The molecule has 0 aliphatic carbocycles. The first-order valence-corrected chi connectivity index (χ1v) is 8.85. The van der Waals surface area contributed by atoms with Crippen LogP contribution in [0.1, 0.15) is 28.8 Å². The quantitative estimate of drug-likeness (QED) is 0.607. The molecule has 0 radical (unpaired) electrons. The summed E-state index contributed by atoms with van der Waals surface area (Å²) in [5.41, 5.74) is 1.48. The second kappa shape index (κ2) is 8.98. The van der Waals surface area contributed by atoms with Crippen LogP contribution in [0.15, 0.2) is 46.9 Å². The average molecular weight is 345 g/mol. The lowest BCUT2D eigenvalue weighted by Gasteiger charge is -2.03. The Hall–Kier alpha value is -2.47. The van der Waals surface area contributed by atoms with Crippen LogP contribution in [-0.4, -0.2) is 24.7 Å². The van der Waals surface area contributed by atoms with Gasteiger partial charge in [0.2, 0.25) is 0 Å². The second-order valence-corrected chi connectivity index (χ2v) is 5.73. The first-order chi connectivity index (χ1) is 11.6. The van der Waals surface area contributed by atoms with Crippen LogP contribution in [0.5, 0.6) is 0 Å². The second-order valence-electron chi connectivity index (χ2n) is 4.86. The molecule has 5 nitrogen and oxygen atoms in total. The smallest absolute Gasteiger partial charge is 0.330 e. The highest BCUT2D eigenvalue weighted by molar-refractivity contribution is 7.97. The Kier molecular flexibility index (Phi) is 6.69. The van der Waals surface area contributed by atoms with Gasteiger partial charge in [-0.05, 0) is 49.1 Å². The topological polar surface area (TPSA) is 68.5 Å². The largest absolute Gasteiger partial charge is 0.463 e. The third-order valence-corrected chi connectivity index (χ3v) is 3.61. The number of rotatable bonds is 7. The molecule has 0 spiro atoms. The molecule has 1 heterocycles. The van der Waals surface area contributed by atoms with Gasteiger partial charge in [-0.2, -0.15) is 11.8 Å². The summed E-state index contributed by atoms with van der Waals surface area (Å²) >= 11 is 1.63. The fourth-order valence-corrected chi connectivity index (χ4v) is 2.38. The number of carbonyl (C=O) groups is 2. The molecule has 1 aromatic carbocycles. The van der Waals surface area contributed by atoms with E-state index in [1.165, 1.54) is 6.08 Å². The zero-order chi connectivity index (χ0) is 17.4. The molecule has 1 amide bonds. The molecule has 1 aromatic heterocycles. The van der Waals surface area contributed by atoms with E-state index in [9.17, 15) is 9.59 Å². The highest BCUT2D eigenvalue weighted by Crippen LogP contribution is 2.16. The maximum absolute atomic E-state index is 12.1. The van der Waals surface area contributed by atoms with Crippen molar-refractivity contribution >= 4 is 35.4 Å². The molecule has 126 valence electrons. The standard InChI is InChI=1S/C18H19NO4S/c1-3-22-17(20)11-6-13-4-7-14(8-5-13)19-18(21)16-10-9-15(23-16)12-24-2/h4-11H,3,12H2,1-2H3,(H,19,21)/b11-6+. The van der Waals surface area contributed by atoms with E-state index in [0.717, 1.165) is 17.1 Å². The predicted molar refractivity (Wildman–Crippen MR) is 96.0 cm³/mol. The summed E-state index contributed by atoms with van der Waals surface area (Å²) in [5.74, 6) is 1.11. The molecule has 6 heteroatoms. The third kappa shape index (κ3) is 5.31. The van der Waals surface area contributed by atoms with Crippen molar-refractivity contribution in [3.8, 4) is 0 Å². The number of benzene rings is 1. The lowest BCUT2D eigenvalue weighted by atomic mass is 10.2. The van der Waals surface area contributed by atoms with Crippen LogP contribution in [-0.2, 0) is 15.3 Å². The number of anilines is 1. The Morgan fingerprint density at radius 1 is 1.21 bits per heavy atom. The first-order valence-electron chi connectivity index (χ1n) is 7.46. The summed E-state index contributed by atoms with van der Waals surface area (Å²) in [4.78, 5) is 23.4. The van der Waals surface area contributed by atoms with Gasteiger partial charge in [-0.15, -0.1) is 0 Å². The summed E-state index contributed by atoms with van der Waals surface area (Å²) in [5, 5.41) is 2.77. The molecule has 0 unspecified atom stereocenters. The molecule has 2 aromatic rings. The molecule has 0 aliphatic heterocycles. The summed E-state index contributed by atoms with van der Waals surface area (Å²) in [6.07, 6.45) is 5.00. The lowest BCUT2D eigenvalue weighted by Crippen LogP contribution is -2.10. The Labute approximate surface area is 145 Å². The molecular weight excluding hydrogens is 326 g/mol. The maximum atomic E-state index is 12.1. The number of ether oxygens (including phenoxy) is 1. The van der Waals surface area contributed by atoms with Gasteiger partial charge in [-0.3, -0.25) is 4.79 Å². The Balaban J connectivity index is 1.95. The Morgan fingerprint density at radius 3 is 2.62 bits per heavy atom. The normalized spacial score (nSPS) is 10.8. The molecule has 0 saturated heterocycles. The van der Waals surface area contributed by atoms with E-state index in [-0.39, 0.29) is 17.6 Å². The molecular formula is C18H19NO4S. The minimum Gasteiger partial charge on any atom is -0.463 e. The van der Waals surface area contributed by atoms with Crippen molar-refractivity contribution in [3.05, 3.63) is 59.6 Å². The van der Waals surface area contributed by atoms with Crippen LogP contribution in [0, 0.1) is 0 Å². The van der Waals surface area contributed by atoms with E-state index in [2.05, 4.69) is 5.32 Å².